The Bertz CT molecular complexity index is 927. The molecule has 1 saturated heterocycles. The third-order valence-electron chi connectivity index (χ3n) is 5.46. The molecule has 1 aliphatic heterocycles. The van der Waals surface area contributed by atoms with Gasteiger partial charge < -0.3 is 24.8 Å². The van der Waals surface area contributed by atoms with Crippen molar-refractivity contribution in [2.45, 2.75) is 13.0 Å². The van der Waals surface area contributed by atoms with E-state index in [0.29, 0.717) is 44.0 Å². The molecule has 2 aromatic carbocycles. The van der Waals surface area contributed by atoms with Crippen molar-refractivity contribution in [3.8, 4) is 5.75 Å². The van der Waals surface area contributed by atoms with Crippen LogP contribution in [0.25, 0.3) is 0 Å². The molecule has 8 nitrogen and oxygen atoms in total. The van der Waals surface area contributed by atoms with E-state index in [4.69, 9.17) is 4.74 Å². The molecular formula is C24H30N4O4. The zero-order chi connectivity index (χ0) is 22.9. The van der Waals surface area contributed by atoms with Crippen LogP contribution < -0.4 is 10.1 Å². The first kappa shape index (κ1) is 23.1. The van der Waals surface area contributed by atoms with Crippen molar-refractivity contribution < 1.29 is 19.1 Å². The van der Waals surface area contributed by atoms with Crippen LogP contribution in [0.4, 0.5) is 4.79 Å². The molecule has 0 saturated carbocycles. The Morgan fingerprint density at radius 1 is 0.969 bits per heavy atom. The van der Waals surface area contributed by atoms with Crippen LogP contribution in [-0.2, 0) is 11.3 Å². The second-order valence-corrected chi connectivity index (χ2v) is 7.73. The molecule has 1 fully saturated rings. The van der Waals surface area contributed by atoms with Gasteiger partial charge in [-0.25, -0.2) is 4.79 Å². The van der Waals surface area contributed by atoms with Crippen LogP contribution in [0.5, 0.6) is 5.75 Å². The monoisotopic (exact) mass is 438 g/mol. The summed E-state index contributed by atoms with van der Waals surface area (Å²) in [4.78, 5) is 42.5. The summed E-state index contributed by atoms with van der Waals surface area (Å²) in [7, 11) is 3.29. The number of hydrogen-bond acceptors (Lipinski definition) is 4. The molecule has 0 aromatic heterocycles. The van der Waals surface area contributed by atoms with Crippen molar-refractivity contribution in [3.05, 3.63) is 65.7 Å². The number of piperazine rings is 1. The summed E-state index contributed by atoms with van der Waals surface area (Å²) >= 11 is 0. The lowest BCUT2D eigenvalue weighted by molar-refractivity contribution is -0.132. The number of methoxy groups -OCH3 is 1. The van der Waals surface area contributed by atoms with Crippen molar-refractivity contribution in [2.75, 3.05) is 46.9 Å². The van der Waals surface area contributed by atoms with Crippen LogP contribution in [0.2, 0.25) is 0 Å². The number of carbonyl (C=O) groups is 3. The second-order valence-electron chi connectivity index (χ2n) is 7.73. The number of nitrogens with zero attached hydrogens (tertiary/aromatic N) is 3. The highest BCUT2D eigenvalue weighted by atomic mass is 16.5. The molecule has 0 radical (unpaired) electrons. The smallest absolute Gasteiger partial charge is 0.317 e. The first-order valence-electron chi connectivity index (χ1n) is 10.7. The van der Waals surface area contributed by atoms with Crippen LogP contribution in [0.3, 0.4) is 0 Å². The average molecular weight is 439 g/mol. The van der Waals surface area contributed by atoms with E-state index in [1.165, 1.54) is 0 Å². The van der Waals surface area contributed by atoms with Crippen LogP contribution in [-0.4, -0.2) is 79.4 Å². The number of urea groups is 1. The number of amides is 4. The van der Waals surface area contributed by atoms with Crippen molar-refractivity contribution in [1.82, 2.24) is 20.0 Å². The molecule has 8 heteroatoms. The summed E-state index contributed by atoms with van der Waals surface area (Å²) in [6.45, 7) is 2.71. The third kappa shape index (κ3) is 6.23. The SMILES string of the molecule is COc1cccc(C(=O)N2CCN(C(=O)CCNC(=O)N(C)Cc3ccccc3)CC2)c1. The fourth-order valence-electron chi connectivity index (χ4n) is 3.60. The molecule has 0 aliphatic carbocycles. The van der Waals surface area contributed by atoms with Gasteiger partial charge in [-0.2, -0.15) is 0 Å². The first-order chi connectivity index (χ1) is 15.5. The minimum atomic E-state index is -0.213. The van der Waals surface area contributed by atoms with Crippen LogP contribution >= 0.6 is 0 Å². The quantitative estimate of drug-likeness (QED) is 0.719. The summed E-state index contributed by atoms with van der Waals surface area (Å²) in [6.07, 6.45) is 0.231. The van der Waals surface area contributed by atoms with E-state index < -0.39 is 0 Å². The van der Waals surface area contributed by atoms with Gasteiger partial charge >= 0.3 is 6.03 Å². The summed E-state index contributed by atoms with van der Waals surface area (Å²) in [5, 5.41) is 2.80. The molecule has 3 rings (SSSR count). The van der Waals surface area contributed by atoms with Gasteiger partial charge in [-0.05, 0) is 23.8 Å². The summed E-state index contributed by atoms with van der Waals surface area (Å²) < 4.78 is 5.18. The summed E-state index contributed by atoms with van der Waals surface area (Å²) in [6, 6.07) is 16.6. The Hall–Kier alpha value is -3.55. The van der Waals surface area contributed by atoms with Gasteiger partial charge in [0.25, 0.3) is 5.91 Å². The van der Waals surface area contributed by atoms with Gasteiger partial charge in [0, 0.05) is 58.3 Å². The van der Waals surface area contributed by atoms with Gasteiger partial charge in [-0.3, -0.25) is 9.59 Å². The van der Waals surface area contributed by atoms with E-state index in [0.717, 1.165) is 5.56 Å². The number of benzene rings is 2. The summed E-state index contributed by atoms with van der Waals surface area (Å²) in [5.74, 6) is 0.551. The highest BCUT2D eigenvalue weighted by molar-refractivity contribution is 5.94. The predicted octanol–water partition coefficient (Wildman–Crippen LogP) is 2.21. The van der Waals surface area contributed by atoms with Gasteiger partial charge in [0.1, 0.15) is 5.75 Å². The topological polar surface area (TPSA) is 82.2 Å². The zero-order valence-electron chi connectivity index (χ0n) is 18.6. The highest BCUT2D eigenvalue weighted by Crippen LogP contribution is 2.15. The van der Waals surface area contributed by atoms with Gasteiger partial charge in [-0.15, -0.1) is 0 Å². The van der Waals surface area contributed by atoms with E-state index in [1.807, 2.05) is 30.3 Å². The average Bonchev–Trinajstić information content (AvgIpc) is 2.84. The Kier molecular flexibility index (Phi) is 8.08. The number of nitrogens with one attached hydrogen (secondary N) is 1. The van der Waals surface area contributed by atoms with Crippen LogP contribution in [0.15, 0.2) is 54.6 Å². The minimum Gasteiger partial charge on any atom is -0.497 e. The molecule has 170 valence electrons. The Morgan fingerprint density at radius 3 is 2.34 bits per heavy atom. The van der Waals surface area contributed by atoms with Gasteiger partial charge in [0.15, 0.2) is 0 Å². The van der Waals surface area contributed by atoms with Crippen molar-refractivity contribution >= 4 is 17.8 Å². The number of ether oxygens (including phenoxy) is 1. The molecule has 0 unspecified atom stereocenters. The maximum atomic E-state index is 12.7. The third-order valence-corrected chi connectivity index (χ3v) is 5.46. The van der Waals surface area contributed by atoms with Crippen LogP contribution in [0.1, 0.15) is 22.3 Å². The maximum Gasteiger partial charge on any atom is 0.317 e. The number of carbonyl (C=O) groups excluding carboxylic acids is 3. The standard InChI is InChI=1S/C24H30N4O4/c1-26(18-19-7-4-3-5-8-19)24(31)25-12-11-22(29)27-13-15-28(16-14-27)23(30)20-9-6-10-21(17-20)32-2/h3-10,17H,11-16,18H2,1-2H3,(H,25,31). The normalized spacial score (nSPS) is 13.4. The lowest BCUT2D eigenvalue weighted by Crippen LogP contribution is -2.51. The summed E-state index contributed by atoms with van der Waals surface area (Å²) in [5.41, 5.74) is 1.62. The first-order valence-corrected chi connectivity index (χ1v) is 10.7. The molecular weight excluding hydrogens is 408 g/mol. The van der Waals surface area contributed by atoms with E-state index in [9.17, 15) is 14.4 Å². The maximum absolute atomic E-state index is 12.7. The van der Waals surface area contributed by atoms with Crippen molar-refractivity contribution in [3.63, 3.8) is 0 Å². The van der Waals surface area contributed by atoms with Gasteiger partial charge in [-0.1, -0.05) is 36.4 Å². The van der Waals surface area contributed by atoms with Crippen molar-refractivity contribution in [2.24, 2.45) is 0 Å². The molecule has 2 aromatic rings. The fourth-order valence-corrected chi connectivity index (χ4v) is 3.60. The molecule has 0 bridgehead atoms. The fraction of sp³-hybridized carbons (Fsp3) is 0.375. The number of hydrogen-bond donors (Lipinski definition) is 1. The molecule has 1 heterocycles. The van der Waals surface area contributed by atoms with E-state index in [-0.39, 0.29) is 30.8 Å². The molecule has 0 atom stereocenters. The molecule has 4 amide bonds. The second kappa shape index (κ2) is 11.2. The van der Waals surface area contributed by atoms with E-state index in [2.05, 4.69) is 5.32 Å². The molecule has 1 N–H and O–H groups in total. The highest BCUT2D eigenvalue weighted by Gasteiger charge is 2.25. The van der Waals surface area contributed by atoms with Gasteiger partial charge in [0.05, 0.1) is 7.11 Å². The Balaban J connectivity index is 1.38. The van der Waals surface area contributed by atoms with E-state index >= 15 is 0 Å². The predicted molar refractivity (Wildman–Crippen MR) is 121 cm³/mol. The Labute approximate surface area is 188 Å². The minimum absolute atomic E-state index is 0.0236. The lowest BCUT2D eigenvalue weighted by atomic mass is 10.1. The Morgan fingerprint density at radius 2 is 1.66 bits per heavy atom. The van der Waals surface area contributed by atoms with Crippen molar-refractivity contribution in [1.29, 1.82) is 0 Å². The van der Waals surface area contributed by atoms with Crippen LogP contribution in [0, 0.1) is 0 Å². The molecule has 32 heavy (non-hydrogen) atoms. The molecule has 1 aliphatic rings. The largest absolute Gasteiger partial charge is 0.497 e. The molecule has 0 spiro atoms. The lowest BCUT2D eigenvalue weighted by Gasteiger charge is -2.35. The zero-order valence-corrected chi connectivity index (χ0v) is 18.6. The number of rotatable bonds is 7. The van der Waals surface area contributed by atoms with E-state index in [1.54, 1.807) is 53.1 Å². The van der Waals surface area contributed by atoms with Gasteiger partial charge in [0.2, 0.25) is 5.91 Å².